The second-order valence-corrected chi connectivity index (χ2v) is 8.50. The number of aromatic nitrogens is 4. The lowest BCUT2D eigenvalue weighted by atomic mass is 10.1. The monoisotopic (exact) mass is 420 g/mol. The maximum absolute atomic E-state index is 11.5. The van der Waals surface area contributed by atoms with E-state index in [4.69, 9.17) is 4.74 Å². The molecule has 0 amide bonds. The third-order valence-electron chi connectivity index (χ3n) is 6.32. The Balaban J connectivity index is 1.27. The third-order valence-corrected chi connectivity index (χ3v) is 6.32. The van der Waals surface area contributed by atoms with Gasteiger partial charge in [0.2, 0.25) is 5.88 Å². The van der Waals surface area contributed by atoms with Gasteiger partial charge in [-0.05, 0) is 43.9 Å². The van der Waals surface area contributed by atoms with Crippen molar-refractivity contribution in [1.29, 1.82) is 0 Å². The van der Waals surface area contributed by atoms with Gasteiger partial charge in [0.1, 0.15) is 12.4 Å². The van der Waals surface area contributed by atoms with Crippen LogP contribution in [0.3, 0.4) is 0 Å². The van der Waals surface area contributed by atoms with Gasteiger partial charge >= 0.3 is 0 Å². The molecule has 0 atom stereocenters. The predicted molar refractivity (Wildman–Crippen MR) is 119 cm³/mol. The molecular weight excluding hydrogens is 392 g/mol. The minimum absolute atomic E-state index is 0.0786. The van der Waals surface area contributed by atoms with Crippen molar-refractivity contribution in [3.8, 4) is 5.88 Å². The first-order chi connectivity index (χ1) is 15.2. The van der Waals surface area contributed by atoms with Crippen LogP contribution in [0.25, 0.3) is 10.9 Å². The van der Waals surface area contributed by atoms with Crippen molar-refractivity contribution in [2.75, 3.05) is 31.1 Å². The molecule has 0 bridgehead atoms. The fraction of sp³-hybridized carbons (Fsp3) is 0.478. The van der Waals surface area contributed by atoms with Crippen LogP contribution in [-0.2, 0) is 13.6 Å². The molecular formula is C23H28N6O2. The molecule has 0 spiro atoms. The molecule has 31 heavy (non-hydrogen) atoms. The molecule has 2 aliphatic rings. The van der Waals surface area contributed by atoms with Crippen molar-refractivity contribution in [2.45, 2.75) is 38.3 Å². The summed E-state index contributed by atoms with van der Waals surface area (Å²) in [6.07, 6.45) is 9.78. The molecule has 1 saturated heterocycles. The highest BCUT2D eigenvalue weighted by atomic mass is 16.5. The molecule has 5 rings (SSSR count). The Labute approximate surface area is 181 Å². The second-order valence-electron chi connectivity index (χ2n) is 8.50. The summed E-state index contributed by atoms with van der Waals surface area (Å²) in [4.78, 5) is 29.5. The lowest BCUT2D eigenvalue weighted by Crippen LogP contribution is -2.46. The normalized spacial score (nSPS) is 18.0. The Hall–Kier alpha value is -3.00. The van der Waals surface area contributed by atoms with Crippen LogP contribution in [0.2, 0.25) is 0 Å². The summed E-state index contributed by atoms with van der Waals surface area (Å²) in [6.45, 7) is 4.51. The van der Waals surface area contributed by atoms with E-state index < -0.39 is 0 Å². The summed E-state index contributed by atoms with van der Waals surface area (Å²) in [6, 6.07) is 6.37. The van der Waals surface area contributed by atoms with Gasteiger partial charge in [-0.1, -0.05) is 0 Å². The van der Waals surface area contributed by atoms with Crippen LogP contribution >= 0.6 is 0 Å². The Morgan fingerprint density at radius 1 is 1.06 bits per heavy atom. The van der Waals surface area contributed by atoms with E-state index in [-0.39, 0.29) is 11.7 Å². The number of fused-ring (bicyclic) bond motifs is 1. The highest BCUT2D eigenvalue weighted by Crippen LogP contribution is 2.30. The Morgan fingerprint density at radius 3 is 2.65 bits per heavy atom. The molecule has 0 N–H and O–H groups in total. The Bertz CT molecular complexity index is 1120. The van der Waals surface area contributed by atoms with Crippen molar-refractivity contribution < 1.29 is 4.74 Å². The van der Waals surface area contributed by atoms with Gasteiger partial charge in [-0.15, -0.1) is 0 Å². The molecule has 8 nitrogen and oxygen atoms in total. The summed E-state index contributed by atoms with van der Waals surface area (Å²) >= 11 is 0. The number of aryl methyl sites for hydroxylation is 1. The van der Waals surface area contributed by atoms with Gasteiger partial charge in [0.25, 0.3) is 5.56 Å². The van der Waals surface area contributed by atoms with Crippen molar-refractivity contribution >= 4 is 16.6 Å². The zero-order chi connectivity index (χ0) is 21.2. The van der Waals surface area contributed by atoms with Gasteiger partial charge in [-0.3, -0.25) is 14.7 Å². The first-order valence-electron chi connectivity index (χ1n) is 11.1. The number of ether oxygens (including phenoxy) is 1. The molecule has 162 valence electrons. The van der Waals surface area contributed by atoms with E-state index in [2.05, 4.69) is 43.0 Å². The van der Waals surface area contributed by atoms with Crippen LogP contribution in [0.1, 0.15) is 31.4 Å². The van der Waals surface area contributed by atoms with E-state index in [1.165, 1.54) is 24.7 Å². The zero-order valence-electron chi connectivity index (χ0n) is 17.9. The summed E-state index contributed by atoms with van der Waals surface area (Å²) in [5.41, 5.74) is 2.95. The first kappa shape index (κ1) is 19.9. The molecule has 0 radical (unpaired) electrons. The molecule has 1 aliphatic carbocycles. The van der Waals surface area contributed by atoms with E-state index in [0.29, 0.717) is 5.88 Å². The van der Waals surface area contributed by atoms with Gasteiger partial charge in [0.15, 0.2) is 0 Å². The number of hydrogen-bond acceptors (Lipinski definition) is 7. The highest BCUT2D eigenvalue weighted by Gasteiger charge is 2.21. The summed E-state index contributed by atoms with van der Waals surface area (Å²) in [7, 11) is 1.76. The zero-order valence-corrected chi connectivity index (χ0v) is 17.9. The van der Waals surface area contributed by atoms with Crippen molar-refractivity contribution in [1.82, 2.24) is 24.4 Å². The largest absolute Gasteiger partial charge is 0.474 e. The molecule has 3 heterocycles. The lowest BCUT2D eigenvalue weighted by molar-refractivity contribution is 0.204. The number of nitrogens with zero attached hydrogens (tertiary/aromatic N) is 6. The third kappa shape index (κ3) is 4.39. The summed E-state index contributed by atoms with van der Waals surface area (Å²) in [5, 5.41) is 0.990. The van der Waals surface area contributed by atoms with E-state index in [1.807, 2.05) is 6.20 Å². The molecule has 3 aromatic rings. The fourth-order valence-electron chi connectivity index (χ4n) is 4.50. The SMILES string of the molecule is Cn1cc(CN2CCN(c3ccc4ncnc(OC5CCCC5)c4c3)CC2)ncc1=O. The van der Waals surface area contributed by atoms with Gasteiger partial charge in [0.05, 0.1) is 22.8 Å². The topological polar surface area (TPSA) is 76.4 Å². The van der Waals surface area contributed by atoms with E-state index >= 15 is 0 Å². The fourth-order valence-corrected chi connectivity index (χ4v) is 4.50. The van der Waals surface area contributed by atoms with Gasteiger partial charge in [0, 0.05) is 51.7 Å². The van der Waals surface area contributed by atoms with Crippen LogP contribution < -0.4 is 15.2 Å². The molecule has 2 aromatic heterocycles. The lowest BCUT2D eigenvalue weighted by Gasteiger charge is -2.36. The highest BCUT2D eigenvalue weighted by molar-refractivity contribution is 5.86. The quantitative estimate of drug-likeness (QED) is 0.627. The van der Waals surface area contributed by atoms with Crippen LogP contribution in [0, 0.1) is 0 Å². The standard InChI is InChI=1S/C23H28N6O2/c1-27-14-17(24-13-22(27)30)15-28-8-10-29(11-9-28)18-6-7-21-20(12-18)23(26-16-25-21)31-19-4-2-3-5-19/h6-7,12-14,16,19H,2-5,8-11,15H2,1H3. The van der Waals surface area contributed by atoms with Gasteiger partial charge < -0.3 is 14.2 Å². The molecule has 1 saturated carbocycles. The molecule has 1 aromatic carbocycles. The molecule has 0 unspecified atom stereocenters. The maximum Gasteiger partial charge on any atom is 0.268 e. The van der Waals surface area contributed by atoms with Crippen molar-refractivity contribution in [3.63, 3.8) is 0 Å². The van der Waals surface area contributed by atoms with Crippen molar-refractivity contribution in [2.24, 2.45) is 7.05 Å². The van der Waals surface area contributed by atoms with Gasteiger partial charge in [-0.25, -0.2) is 9.97 Å². The van der Waals surface area contributed by atoms with Crippen LogP contribution in [0.4, 0.5) is 5.69 Å². The molecule has 8 heteroatoms. The second kappa shape index (κ2) is 8.63. The summed E-state index contributed by atoms with van der Waals surface area (Å²) in [5.74, 6) is 0.707. The summed E-state index contributed by atoms with van der Waals surface area (Å²) < 4.78 is 7.81. The number of hydrogen-bond donors (Lipinski definition) is 0. The minimum atomic E-state index is -0.0786. The average Bonchev–Trinajstić information content (AvgIpc) is 3.30. The number of rotatable bonds is 5. The van der Waals surface area contributed by atoms with E-state index in [9.17, 15) is 4.79 Å². The Morgan fingerprint density at radius 2 is 1.87 bits per heavy atom. The average molecular weight is 421 g/mol. The van der Waals surface area contributed by atoms with Crippen molar-refractivity contribution in [3.05, 3.63) is 53.0 Å². The number of benzene rings is 1. The molecule has 1 aliphatic heterocycles. The maximum atomic E-state index is 11.5. The van der Waals surface area contributed by atoms with Crippen LogP contribution in [0.5, 0.6) is 5.88 Å². The minimum Gasteiger partial charge on any atom is -0.474 e. The Kier molecular flexibility index (Phi) is 5.55. The van der Waals surface area contributed by atoms with Crippen LogP contribution in [-0.4, -0.2) is 56.7 Å². The van der Waals surface area contributed by atoms with E-state index in [1.54, 1.807) is 17.9 Å². The van der Waals surface area contributed by atoms with E-state index in [0.717, 1.165) is 62.2 Å². The predicted octanol–water partition coefficient (Wildman–Crippen LogP) is 2.37. The van der Waals surface area contributed by atoms with Crippen LogP contribution in [0.15, 0.2) is 41.7 Å². The molecule has 2 fully saturated rings. The smallest absolute Gasteiger partial charge is 0.268 e. The number of anilines is 1. The first-order valence-corrected chi connectivity index (χ1v) is 11.1. The number of piperazine rings is 1. The van der Waals surface area contributed by atoms with Gasteiger partial charge in [-0.2, -0.15) is 0 Å².